The fraction of sp³-hybridized carbons (Fsp3) is 0.333. The van der Waals surface area contributed by atoms with Crippen LogP contribution in [0.1, 0.15) is 24.7 Å². The highest BCUT2D eigenvalue weighted by atomic mass is 19.4. The molecular weight excluding hydrogens is 483 g/mol. The maximum absolute atomic E-state index is 13.9. The maximum Gasteiger partial charge on any atom is 0.416 e. The molecule has 0 saturated carbocycles. The number of hydrogen-bond donors (Lipinski definition) is 1. The van der Waals surface area contributed by atoms with E-state index in [2.05, 4.69) is 0 Å². The highest BCUT2D eigenvalue weighted by molar-refractivity contribution is 6.16. The fourth-order valence-corrected chi connectivity index (χ4v) is 4.03. The van der Waals surface area contributed by atoms with Crippen molar-refractivity contribution in [3.8, 4) is 5.75 Å². The van der Waals surface area contributed by atoms with Crippen molar-refractivity contribution in [2.45, 2.75) is 25.9 Å². The number of benzene rings is 1. The maximum atomic E-state index is 13.9. The van der Waals surface area contributed by atoms with Gasteiger partial charge < -0.3 is 19.8 Å². The third-order valence-corrected chi connectivity index (χ3v) is 5.98. The van der Waals surface area contributed by atoms with Gasteiger partial charge in [0.15, 0.2) is 0 Å². The summed E-state index contributed by atoms with van der Waals surface area (Å²) in [7, 11) is 4.14. The Balaban J connectivity index is 2.25. The van der Waals surface area contributed by atoms with Crippen LogP contribution in [0.5, 0.6) is 5.75 Å². The summed E-state index contributed by atoms with van der Waals surface area (Å²) in [4.78, 5) is 54.0. The number of halogens is 3. The molecule has 3 amide bonds. The Hall–Kier alpha value is -4.09. The number of methoxy groups -OCH3 is 1. The molecule has 1 unspecified atom stereocenters. The van der Waals surface area contributed by atoms with Crippen LogP contribution >= 0.6 is 0 Å². The number of anilines is 1. The van der Waals surface area contributed by atoms with Crippen molar-refractivity contribution in [3.63, 3.8) is 0 Å². The molecule has 1 aromatic carbocycles. The van der Waals surface area contributed by atoms with Gasteiger partial charge >= 0.3 is 6.18 Å². The van der Waals surface area contributed by atoms with E-state index >= 15 is 0 Å². The van der Waals surface area contributed by atoms with Crippen LogP contribution in [0.15, 0.2) is 57.1 Å². The van der Waals surface area contributed by atoms with Gasteiger partial charge in [0, 0.05) is 50.0 Å². The SMILES string of the molecule is COc1coc(CC2(C(N)=O)CC(C(=O)N(C)C)=C(C)N(c3cccc(C(F)(F)F)c3)C2=O)cc1=O. The van der Waals surface area contributed by atoms with Crippen LogP contribution in [0.25, 0.3) is 0 Å². The molecule has 0 spiro atoms. The second kappa shape index (κ2) is 9.51. The second-order valence-corrected chi connectivity index (χ2v) is 8.53. The molecule has 192 valence electrons. The molecule has 0 saturated heterocycles. The lowest BCUT2D eigenvalue weighted by atomic mass is 9.72. The van der Waals surface area contributed by atoms with Crippen LogP contribution in [-0.2, 0) is 27.0 Å². The number of nitrogens with zero attached hydrogens (tertiary/aromatic N) is 2. The van der Waals surface area contributed by atoms with E-state index in [4.69, 9.17) is 14.9 Å². The summed E-state index contributed by atoms with van der Waals surface area (Å²) >= 11 is 0. The molecule has 1 aliphatic rings. The van der Waals surface area contributed by atoms with Crippen molar-refractivity contribution < 1.29 is 36.7 Å². The molecule has 3 rings (SSSR count). The Morgan fingerprint density at radius 3 is 2.42 bits per heavy atom. The Morgan fingerprint density at radius 1 is 1.22 bits per heavy atom. The van der Waals surface area contributed by atoms with Crippen molar-refractivity contribution in [3.05, 3.63) is 69.4 Å². The van der Waals surface area contributed by atoms with Crippen LogP contribution in [-0.4, -0.2) is 43.8 Å². The molecule has 12 heteroatoms. The third kappa shape index (κ3) is 4.70. The highest BCUT2D eigenvalue weighted by Gasteiger charge is 2.53. The van der Waals surface area contributed by atoms with E-state index in [1.54, 1.807) is 0 Å². The summed E-state index contributed by atoms with van der Waals surface area (Å²) in [5, 5.41) is 0. The molecule has 2 aromatic rings. The Bertz CT molecular complexity index is 1310. The van der Waals surface area contributed by atoms with E-state index in [9.17, 15) is 32.3 Å². The zero-order valence-electron chi connectivity index (χ0n) is 19.9. The first kappa shape index (κ1) is 26.5. The van der Waals surface area contributed by atoms with Gasteiger partial charge in [-0.25, -0.2) is 0 Å². The van der Waals surface area contributed by atoms with Gasteiger partial charge in [0.1, 0.15) is 17.4 Å². The normalized spacial score (nSPS) is 18.3. The van der Waals surface area contributed by atoms with Gasteiger partial charge in [-0.2, -0.15) is 13.2 Å². The Labute approximate surface area is 203 Å². The quantitative estimate of drug-likeness (QED) is 0.600. The zero-order valence-corrected chi connectivity index (χ0v) is 19.9. The predicted octanol–water partition coefficient (Wildman–Crippen LogP) is 2.48. The minimum atomic E-state index is -4.71. The van der Waals surface area contributed by atoms with Crippen molar-refractivity contribution in [1.29, 1.82) is 0 Å². The van der Waals surface area contributed by atoms with E-state index in [0.29, 0.717) is 0 Å². The first-order chi connectivity index (χ1) is 16.7. The number of hydrogen-bond acceptors (Lipinski definition) is 6. The van der Waals surface area contributed by atoms with E-state index in [1.165, 1.54) is 39.1 Å². The zero-order chi connectivity index (χ0) is 27.0. The van der Waals surface area contributed by atoms with E-state index < -0.39 is 53.1 Å². The Morgan fingerprint density at radius 2 is 1.89 bits per heavy atom. The monoisotopic (exact) mass is 507 g/mol. The molecule has 0 fully saturated rings. The highest BCUT2D eigenvalue weighted by Crippen LogP contribution is 2.43. The number of alkyl halides is 3. The van der Waals surface area contributed by atoms with Gasteiger partial charge in [-0.1, -0.05) is 6.07 Å². The molecular formula is C24H24F3N3O6. The largest absolute Gasteiger partial charge is 0.490 e. The number of carbonyl (C=O) groups excluding carboxylic acids is 3. The van der Waals surface area contributed by atoms with Crippen LogP contribution in [0.4, 0.5) is 18.9 Å². The molecule has 0 radical (unpaired) electrons. The van der Waals surface area contributed by atoms with Gasteiger partial charge in [-0.3, -0.25) is 24.1 Å². The molecule has 36 heavy (non-hydrogen) atoms. The van der Waals surface area contributed by atoms with Crippen molar-refractivity contribution in [1.82, 2.24) is 4.90 Å². The summed E-state index contributed by atoms with van der Waals surface area (Å²) < 4.78 is 50.4. The van der Waals surface area contributed by atoms with Crippen LogP contribution in [0.3, 0.4) is 0 Å². The number of rotatable bonds is 6. The standard InChI is InChI=1S/C24H24F3N3O6/c1-13-17(20(32)29(2)3)11-23(21(28)33,10-16-9-18(31)19(35-4)12-36-16)22(34)30(13)15-7-5-6-14(8-15)24(25,26)27/h5-9,12H,10-11H2,1-4H3,(H2,28,33). The van der Waals surface area contributed by atoms with Crippen molar-refractivity contribution >= 4 is 23.4 Å². The van der Waals surface area contributed by atoms with Crippen molar-refractivity contribution in [2.75, 3.05) is 26.1 Å². The van der Waals surface area contributed by atoms with E-state index in [0.717, 1.165) is 35.4 Å². The molecule has 9 nitrogen and oxygen atoms in total. The molecule has 1 atom stereocenters. The van der Waals surface area contributed by atoms with Crippen molar-refractivity contribution in [2.24, 2.45) is 11.1 Å². The number of allylic oxidation sites excluding steroid dienone is 1. The first-order valence-electron chi connectivity index (χ1n) is 10.6. The summed E-state index contributed by atoms with van der Waals surface area (Å²) in [5.74, 6) is -2.89. The van der Waals surface area contributed by atoms with Gasteiger partial charge in [0.05, 0.1) is 12.7 Å². The van der Waals surface area contributed by atoms with Crippen LogP contribution in [0.2, 0.25) is 0 Å². The Kier molecular flexibility index (Phi) is 7.01. The topological polar surface area (TPSA) is 123 Å². The second-order valence-electron chi connectivity index (χ2n) is 8.53. The molecule has 0 bridgehead atoms. The van der Waals surface area contributed by atoms with E-state index in [1.807, 2.05) is 0 Å². The van der Waals surface area contributed by atoms with Crippen LogP contribution < -0.4 is 20.8 Å². The molecule has 2 heterocycles. The number of likely N-dealkylation sites (N-methyl/N-ethyl adjacent to an activating group) is 1. The summed E-state index contributed by atoms with van der Waals surface area (Å²) in [6.07, 6.45) is -4.68. The fourth-order valence-electron chi connectivity index (χ4n) is 4.03. The molecule has 0 aliphatic carbocycles. The molecule has 1 aromatic heterocycles. The molecule has 2 N–H and O–H groups in total. The minimum Gasteiger partial charge on any atom is -0.490 e. The van der Waals surface area contributed by atoms with Crippen LogP contribution in [0, 0.1) is 5.41 Å². The number of carbonyl (C=O) groups is 3. The smallest absolute Gasteiger partial charge is 0.416 e. The summed E-state index contributed by atoms with van der Waals surface area (Å²) in [5.41, 5.74) is 1.77. The number of amides is 3. The lowest BCUT2D eigenvalue weighted by Crippen LogP contribution is -2.56. The minimum absolute atomic E-state index is 0.00771. The predicted molar refractivity (Wildman–Crippen MR) is 122 cm³/mol. The van der Waals surface area contributed by atoms with Gasteiger partial charge in [0.2, 0.25) is 23.0 Å². The van der Waals surface area contributed by atoms with Gasteiger partial charge in [0.25, 0.3) is 5.91 Å². The number of primary amides is 1. The summed E-state index contributed by atoms with van der Waals surface area (Å²) in [6.45, 7) is 1.40. The average Bonchev–Trinajstić information content (AvgIpc) is 2.80. The summed E-state index contributed by atoms with van der Waals surface area (Å²) in [6, 6.07) is 4.94. The lowest BCUT2D eigenvalue weighted by Gasteiger charge is -2.41. The van der Waals surface area contributed by atoms with E-state index in [-0.39, 0.29) is 28.5 Å². The number of ether oxygens (including phenoxy) is 1. The number of nitrogens with two attached hydrogens (primary N) is 1. The average molecular weight is 507 g/mol. The lowest BCUT2D eigenvalue weighted by molar-refractivity contribution is -0.141. The molecule has 1 aliphatic heterocycles. The van der Waals surface area contributed by atoms with Gasteiger partial charge in [-0.05, 0) is 25.1 Å². The third-order valence-electron chi connectivity index (χ3n) is 5.98. The first-order valence-corrected chi connectivity index (χ1v) is 10.6. The van der Waals surface area contributed by atoms with Gasteiger partial charge in [-0.15, -0.1) is 0 Å².